The molecule has 1 N–H and O–H groups in total. The summed E-state index contributed by atoms with van der Waals surface area (Å²) in [6, 6.07) is 0. The third-order valence-electron chi connectivity index (χ3n) is 0. The Morgan fingerprint density at radius 2 is 1.29 bits per heavy atom. The van der Waals surface area contributed by atoms with Crippen LogP contribution in [0.4, 0.5) is 0 Å². The predicted molar refractivity (Wildman–Crippen MR) is 13.3 cm³/mol. The van der Waals surface area contributed by atoms with Crippen LogP contribution in [0, 0.1) is 0 Å². The number of carboxylic acid groups (broad SMARTS) is 1. The van der Waals surface area contributed by atoms with Crippen molar-refractivity contribution in [2.45, 2.75) is 6.92 Å². The van der Waals surface area contributed by atoms with Gasteiger partial charge in [0.25, 0.3) is 5.97 Å². The number of carbonyl (C=O) groups is 1. The number of hydrogen-bond acceptors (Lipinski definition) is 1. The van der Waals surface area contributed by atoms with Crippen LogP contribution in [-0.2, 0) is 4.79 Å². The molecule has 0 unspecified atom stereocenters. The molecule has 0 spiro atoms. The number of rotatable bonds is 0. The molecule has 0 aromatic heterocycles. The van der Waals surface area contributed by atoms with Crippen molar-refractivity contribution in [1.82, 2.24) is 0 Å². The molecule has 48 valence electrons. The van der Waals surface area contributed by atoms with E-state index < -0.39 is 5.97 Å². The molecule has 0 bridgehead atoms. The summed E-state index contributed by atoms with van der Waals surface area (Å²) in [5, 5.41) is 7.42. The van der Waals surface area contributed by atoms with E-state index in [1.54, 1.807) is 0 Å². The van der Waals surface area contributed by atoms with Crippen LogP contribution in [0.25, 0.3) is 0 Å². The van der Waals surface area contributed by atoms with E-state index in [0.717, 1.165) is 6.92 Å². The topological polar surface area (TPSA) is 37.3 Å². The quantitative estimate of drug-likeness (QED) is 0.342. The summed E-state index contributed by atoms with van der Waals surface area (Å²) in [6.45, 7) is 1.08. The van der Waals surface area contributed by atoms with E-state index in [2.05, 4.69) is 0 Å². The number of hydrogen-bond donors (Lipinski definition) is 1. The van der Waals surface area contributed by atoms with Crippen molar-refractivity contribution in [3.8, 4) is 0 Å². The molecule has 5 heteroatoms. The van der Waals surface area contributed by atoms with Crippen molar-refractivity contribution >= 4 is 5.97 Å². The number of halogens is 3. The minimum atomic E-state index is -0.833. The SMILES string of the molecule is CC(=O)O.[F-].[F-].[F-]. The van der Waals surface area contributed by atoms with E-state index >= 15 is 0 Å². The highest BCUT2D eigenvalue weighted by Crippen LogP contribution is 1.42. The molecule has 2 nitrogen and oxygen atoms in total. The van der Waals surface area contributed by atoms with Crippen LogP contribution in [0.1, 0.15) is 6.92 Å². The molecule has 0 radical (unpaired) electrons. The lowest BCUT2D eigenvalue weighted by molar-refractivity contribution is -0.134. The highest BCUT2D eigenvalue weighted by atomic mass is 19.0. The maximum absolute atomic E-state index is 9.00. The second kappa shape index (κ2) is 18.7. The summed E-state index contributed by atoms with van der Waals surface area (Å²) in [7, 11) is 0. The van der Waals surface area contributed by atoms with Gasteiger partial charge in [-0.15, -0.1) is 0 Å². The Hall–Kier alpha value is -0.740. The second-order valence-corrected chi connectivity index (χ2v) is 0.519. The summed E-state index contributed by atoms with van der Waals surface area (Å²) in [4.78, 5) is 9.00. The van der Waals surface area contributed by atoms with Crippen molar-refractivity contribution in [3.63, 3.8) is 0 Å². The summed E-state index contributed by atoms with van der Waals surface area (Å²) in [6.07, 6.45) is 0. The average molecular weight is 117 g/mol. The Labute approximate surface area is 38.2 Å². The average Bonchev–Trinajstić information content (AvgIpc) is 0.811. The monoisotopic (exact) mass is 117 g/mol. The van der Waals surface area contributed by atoms with Gasteiger partial charge in [0.2, 0.25) is 0 Å². The van der Waals surface area contributed by atoms with Crippen LogP contribution in [0.5, 0.6) is 0 Å². The minimum Gasteiger partial charge on any atom is -1.00 e. The first-order chi connectivity index (χ1) is 1.73. The summed E-state index contributed by atoms with van der Waals surface area (Å²) in [5.74, 6) is -0.833. The highest BCUT2D eigenvalue weighted by molar-refractivity contribution is 5.62. The zero-order valence-electron chi connectivity index (χ0n) is 3.49. The fraction of sp³-hybridized carbons (Fsp3) is 0.500. The lowest BCUT2D eigenvalue weighted by atomic mass is 10.9. The molecular weight excluding hydrogens is 113 g/mol. The Balaban J connectivity index is -0.0000000150. The van der Waals surface area contributed by atoms with E-state index in [9.17, 15) is 0 Å². The van der Waals surface area contributed by atoms with Gasteiger partial charge >= 0.3 is 0 Å². The molecule has 0 heterocycles. The largest absolute Gasteiger partial charge is 1.00 e. The van der Waals surface area contributed by atoms with Crippen LogP contribution < -0.4 is 14.1 Å². The molecule has 7 heavy (non-hydrogen) atoms. The molecule has 0 atom stereocenters. The second-order valence-electron chi connectivity index (χ2n) is 0.519. The molecule has 0 rings (SSSR count). The molecule has 0 aromatic carbocycles. The lowest BCUT2D eigenvalue weighted by Crippen LogP contribution is -3.00. The fourth-order valence-corrected chi connectivity index (χ4v) is 0. The molecular formula is C2H4F3O2-3. The highest BCUT2D eigenvalue weighted by Gasteiger charge is 1.65. The Bertz CT molecular complexity index is 33.9. The standard InChI is InChI=1S/C2H4O2.3FH/c1-2(3)4;;;/h1H3,(H,3,4);3*1H/p-3. The molecule has 0 saturated heterocycles. The number of carboxylic acids is 1. The van der Waals surface area contributed by atoms with Crippen LogP contribution in [0.3, 0.4) is 0 Å². The number of aliphatic carboxylic acids is 1. The zero-order chi connectivity index (χ0) is 3.58. The van der Waals surface area contributed by atoms with Gasteiger partial charge in [0, 0.05) is 6.92 Å². The molecule has 0 saturated carbocycles. The van der Waals surface area contributed by atoms with Gasteiger partial charge in [0.1, 0.15) is 0 Å². The maximum Gasteiger partial charge on any atom is 0.300 e. The van der Waals surface area contributed by atoms with Crippen molar-refractivity contribution < 1.29 is 24.0 Å². The third-order valence-corrected chi connectivity index (χ3v) is 0. The van der Waals surface area contributed by atoms with E-state index in [0.29, 0.717) is 0 Å². The van der Waals surface area contributed by atoms with Crippen LogP contribution >= 0.6 is 0 Å². The van der Waals surface area contributed by atoms with Crippen molar-refractivity contribution in [2.75, 3.05) is 0 Å². The first kappa shape index (κ1) is 33.9. The van der Waals surface area contributed by atoms with Gasteiger partial charge < -0.3 is 19.2 Å². The van der Waals surface area contributed by atoms with Crippen molar-refractivity contribution in [2.24, 2.45) is 0 Å². The smallest absolute Gasteiger partial charge is 0.300 e. The lowest BCUT2D eigenvalue weighted by Gasteiger charge is -1.59. The summed E-state index contributed by atoms with van der Waals surface area (Å²) in [5.41, 5.74) is 0. The third kappa shape index (κ3) is 102. The van der Waals surface area contributed by atoms with Gasteiger partial charge in [-0.25, -0.2) is 0 Å². The van der Waals surface area contributed by atoms with Gasteiger partial charge in [0.15, 0.2) is 0 Å². The summed E-state index contributed by atoms with van der Waals surface area (Å²) >= 11 is 0. The van der Waals surface area contributed by atoms with E-state index in [1.807, 2.05) is 0 Å². The van der Waals surface area contributed by atoms with Crippen LogP contribution in [0.2, 0.25) is 0 Å². The molecule has 0 amide bonds. The first-order valence-corrected chi connectivity index (χ1v) is 0.928. The molecule has 0 aliphatic heterocycles. The molecule has 0 fully saturated rings. The Morgan fingerprint density at radius 1 is 1.29 bits per heavy atom. The Morgan fingerprint density at radius 3 is 1.29 bits per heavy atom. The van der Waals surface area contributed by atoms with E-state index in [-0.39, 0.29) is 14.1 Å². The first-order valence-electron chi connectivity index (χ1n) is 0.928. The van der Waals surface area contributed by atoms with E-state index in [4.69, 9.17) is 9.90 Å². The summed E-state index contributed by atoms with van der Waals surface area (Å²) < 4.78 is 0. The van der Waals surface area contributed by atoms with Gasteiger partial charge in [-0.3, -0.25) is 4.79 Å². The van der Waals surface area contributed by atoms with Crippen molar-refractivity contribution in [1.29, 1.82) is 0 Å². The van der Waals surface area contributed by atoms with Gasteiger partial charge in [0.05, 0.1) is 0 Å². The zero-order valence-corrected chi connectivity index (χ0v) is 3.49. The fourth-order valence-electron chi connectivity index (χ4n) is 0. The maximum atomic E-state index is 9.00. The molecule has 0 aliphatic carbocycles. The normalized spacial score (nSPS) is 3.57. The van der Waals surface area contributed by atoms with Gasteiger partial charge in [-0.2, -0.15) is 0 Å². The van der Waals surface area contributed by atoms with Gasteiger partial charge in [-0.1, -0.05) is 0 Å². The van der Waals surface area contributed by atoms with E-state index in [1.165, 1.54) is 0 Å². The minimum absolute atomic E-state index is 0. The van der Waals surface area contributed by atoms with Crippen molar-refractivity contribution in [3.05, 3.63) is 0 Å². The van der Waals surface area contributed by atoms with Gasteiger partial charge in [-0.05, 0) is 0 Å². The molecule has 0 aromatic rings. The van der Waals surface area contributed by atoms with Crippen LogP contribution in [-0.4, -0.2) is 11.1 Å². The Kier molecular flexibility index (Phi) is 90.5. The predicted octanol–water partition coefficient (Wildman–Crippen LogP) is -8.90. The molecule has 0 aliphatic rings. The van der Waals surface area contributed by atoms with Crippen LogP contribution in [0.15, 0.2) is 0 Å².